The minimum Gasteiger partial charge on any atom is -0.325 e. The second-order valence-corrected chi connectivity index (χ2v) is 5.87. The van der Waals surface area contributed by atoms with Gasteiger partial charge in [0.25, 0.3) is 0 Å². The lowest BCUT2D eigenvalue weighted by atomic mass is 10.1. The van der Waals surface area contributed by atoms with Crippen molar-refractivity contribution in [3.63, 3.8) is 0 Å². The number of carbonyl (C=O) groups is 2. The van der Waals surface area contributed by atoms with Crippen LogP contribution in [0.5, 0.6) is 0 Å². The molecule has 0 spiro atoms. The highest BCUT2D eigenvalue weighted by molar-refractivity contribution is 8.00. The lowest BCUT2D eigenvalue weighted by molar-refractivity contribution is -0.113. The van der Waals surface area contributed by atoms with Crippen LogP contribution in [0.25, 0.3) is 0 Å². The maximum absolute atomic E-state index is 13.8. The topological polar surface area (TPSA) is 46.2 Å². The standard InChI is InChI=1S/C17H16FNO2S/c1-11-5-3-4-6-15(11)19-17(21)10-22-16-8-7-13(12(2)20)9-14(16)18/h3-9H,10H2,1-2H3,(H,19,21). The van der Waals surface area contributed by atoms with Gasteiger partial charge in [-0.15, -0.1) is 11.8 Å². The molecule has 0 radical (unpaired) electrons. The Hall–Kier alpha value is -2.14. The fraction of sp³-hybridized carbons (Fsp3) is 0.176. The molecule has 3 nitrogen and oxygen atoms in total. The second-order valence-electron chi connectivity index (χ2n) is 4.85. The van der Waals surface area contributed by atoms with E-state index in [2.05, 4.69) is 5.32 Å². The molecular formula is C17H16FNO2S. The van der Waals surface area contributed by atoms with Crippen LogP contribution in [0, 0.1) is 12.7 Å². The Bertz CT molecular complexity index is 716. The molecule has 0 aliphatic rings. The number of ketones is 1. The molecule has 1 N–H and O–H groups in total. The Balaban J connectivity index is 1.97. The maximum Gasteiger partial charge on any atom is 0.234 e. The summed E-state index contributed by atoms with van der Waals surface area (Å²) in [5, 5.41) is 2.79. The number of hydrogen-bond donors (Lipinski definition) is 1. The van der Waals surface area contributed by atoms with Crippen LogP contribution in [0.4, 0.5) is 10.1 Å². The van der Waals surface area contributed by atoms with Gasteiger partial charge in [-0.3, -0.25) is 9.59 Å². The summed E-state index contributed by atoms with van der Waals surface area (Å²) >= 11 is 1.10. The highest BCUT2D eigenvalue weighted by Crippen LogP contribution is 2.23. The molecule has 2 rings (SSSR count). The van der Waals surface area contributed by atoms with Crippen molar-refractivity contribution in [3.8, 4) is 0 Å². The van der Waals surface area contributed by atoms with Crippen LogP contribution in [-0.4, -0.2) is 17.4 Å². The molecule has 0 fully saturated rings. The van der Waals surface area contributed by atoms with Crippen LogP contribution in [0.3, 0.4) is 0 Å². The van der Waals surface area contributed by atoms with Gasteiger partial charge in [0.15, 0.2) is 5.78 Å². The number of Topliss-reactive ketones (excluding diaryl/α,β-unsaturated/α-hetero) is 1. The van der Waals surface area contributed by atoms with E-state index in [0.717, 1.165) is 23.0 Å². The molecule has 5 heteroatoms. The van der Waals surface area contributed by atoms with Gasteiger partial charge in [-0.2, -0.15) is 0 Å². The number of rotatable bonds is 5. The van der Waals surface area contributed by atoms with E-state index in [4.69, 9.17) is 0 Å². The molecule has 0 aliphatic carbocycles. The SMILES string of the molecule is CC(=O)c1ccc(SCC(=O)Nc2ccccc2C)c(F)c1. The second kappa shape index (κ2) is 7.22. The Labute approximate surface area is 132 Å². The summed E-state index contributed by atoms with van der Waals surface area (Å²) in [6.45, 7) is 3.29. The summed E-state index contributed by atoms with van der Waals surface area (Å²) in [6.07, 6.45) is 0. The third kappa shape index (κ3) is 4.18. The number of carbonyl (C=O) groups excluding carboxylic acids is 2. The molecule has 2 aromatic rings. The minimum absolute atomic E-state index is 0.102. The van der Waals surface area contributed by atoms with Crippen LogP contribution in [-0.2, 0) is 4.79 Å². The van der Waals surface area contributed by atoms with E-state index in [9.17, 15) is 14.0 Å². The molecule has 2 aromatic carbocycles. The summed E-state index contributed by atoms with van der Waals surface area (Å²) in [7, 11) is 0. The summed E-state index contributed by atoms with van der Waals surface area (Å²) in [5.74, 6) is -0.770. The number of thioether (sulfide) groups is 1. The van der Waals surface area contributed by atoms with Gasteiger partial charge in [-0.05, 0) is 37.6 Å². The summed E-state index contributed by atoms with van der Waals surface area (Å²) in [6, 6.07) is 11.7. The fourth-order valence-corrected chi connectivity index (χ4v) is 2.60. The van der Waals surface area contributed by atoms with Crippen molar-refractivity contribution < 1.29 is 14.0 Å². The molecule has 0 unspecified atom stereocenters. The Morgan fingerprint density at radius 1 is 1.18 bits per heavy atom. The third-order valence-corrected chi connectivity index (χ3v) is 4.16. The maximum atomic E-state index is 13.8. The van der Waals surface area contributed by atoms with Crippen molar-refractivity contribution in [2.75, 3.05) is 11.1 Å². The monoisotopic (exact) mass is 317 g/mol. The van der Waals surface area contributed by atoms with Gasteiger partial charge in [0.2, 0.25) is 5.91 Å². The zero-order valence-corrected chi connectivity index (χ0v) is 13.2. The fourth-order valence-electron chi connectivity index (χ4n) is 1.88. The first kappa shape index (κ1) is 16.2. The lowest BCUT2D eigenvalue weighted by Crippen LogP contribution is -2.14. The Kier molecular flexibility index (Phi) is 5.33. The molecule has 0 heterocycles. The number of para-hydroxylation sites is 1. The largest absolute Gasteiger partial charge is 0.325 e. The first-order chi connectivity index (χ1) is 10.5. The van der Waals surface area contributed by atoms with Gasteiger partial charge in [0.05, 0.1) is 5.75 Å². The third-order valence-electron chi connectivity index (χ3n) is 3.12. The predicted octanol–water partition coefficient (Wildman–Crippen LogP) is 4.07. The van der Waals surface area contributed by atoms with E-state index in [-0.39, 0.29) is 17.4 Å². The van der Waals surface area contributed by atoms with Crippen molar-refractivity contribution in [2.24, 2.45) is 0 Å². The molecule has 0 atom stereocenters. The molecule has 0 bridgehead atoms. The average molecular weight is 317 g/mol. The van der Waals surface area contributed by atoms with Crippen LogP contribution in [0.2, 0.25) is 0 Å². The molecule has 0 aromatic heterocycles. The van der Waals surface area contributed by atoms with Crippen LogP contribution < -0.4 is 5.32 Å². The quantitative estimate of drug-likeness (QED) is 0.668. The van der Waals surface area contributed by atoms with Gasteiger partial charge in [0, 0.05) is 16.1 Å². The van der Waals surface area contributed by atoms with Gasteiger partial charge in [-0.25, -0.2) is 4.39 Å². The zero-order valence-electron chi connectivity index (χ0n) is 12.4. The molecule has 0 aliphatic heterocycles. The van der Waals surface area contributed by atoms with Crippen LogP contribution >= 0.6 is 11.8 Å². The van der Waals surface area contributed by atoms with Gasteiger partial charge in [0.1, 0.15) is 5.82 Å². The Morgan fingerprint density at radius 2 is 1.91 bits per heavy atom. The van der Waals surface area contributed by atoms with Crippen molar-refractivity contribution in [1.82, 2.24) is 0 Å². The molecule has 0 saturated heterocycles. The van der Waals surface area contributed by atoms with E-state index in [1.165, 1.54) is 19.1 Å². The van der Waals surface area contributed by atoms with E-state index in [1.807, 2.05) is 31.2 Å². The van der Waals surface area contributed by atoms with Crippen molar-refractivity contribution in [3.05, 3.63) is 59.4 Å². The lowest BCUT2D eigenvalue weighted by Gasteiger charge is -2.08. The predicted molar refractivity (Wildman–Crippen MR) is 86.9 cm³/mol. The number of halogens is 1. The van der Waals surface area contributed by atoms with Gasteiger partial charge in [-0.1, -0.05) is 24.3 Å². The smallest absolute Gasteiger partial charge is 0.234 e. The number of anilines is 1. The number of hydrogen-bond acceptors (Lipinski definition) is 3. The van der Waals surface area contributed by atoms with Crippen LogP contribution in [0.15, 0.2) is 47.4 Å². The molecule has 114 valence electrons. The molecular weight excluding hydrogens is 301 g/mol. The van der Waals surface area contributed by atoms with E-state index >= 15 is 0 Å². The number of aryl methyl sites for hydroxylation is 1. The van der Waals surface area contributed by atoms with Crippen molar-refractivity contribution in [1.29, 1.82) is 0 Å². The normalized spacial score (nSPS) is 10.3. The molecule has 0 saturated carbocycles. The van der Waals surface area contributed by atoms with Gasteiger partial charge < -0.3 is 5.32 Å². The summed E-state index contributed by atoms with van der Waals surface area (Å²) in [4.78, 5) is 23.4. The zero-order chi connectivity index (χ0) is 16.1. The summed E-state index contributed by atoms with van der Waals surface area (Å²) in [5.41, 5.74) is 2.05. The first-order valence-electron chi connectivity index (χ1n) is 6.76. The van der Waals surface area contributed by atoms with E-state index in [1.54, 1.807) is 6.07 Å². The first-order valence-corrected chi connectivity index (χ1v) is 7.74. The van der Waals surface area contributed by atoms with Gasteiger partial charge >= 0.3 is 0 Å². The van der Waals surface area contributed by atoms with E-state index in [0.29, 0.717) is 10.5 Å². The highest BCUT2D eigenvalue weighted by atomic mass is 32.2. The van der Waals surface area contributed by atoms with E-state index < -0.39 is 5.82 Å². The minimum atomic E-state index is -0.485. The highest BCUT2D eigenvalue weighted by Gasteiger charge is 2.10. The average Bonchev–Trinajstić information content (AvgIpc) is 2.48. The summed E-state index contributed by atoms with van der Waals surface area (Å²) < 4.78 is 13.8. The number of nitrogens with one attached hydrogen (secondary N) is 1. The number of amides is 1. The van der Waals surface area contributed by atoms with Crippen LogP contribution in [0.1, 0.15) is 22.8 Å². The van der Waals surface area contributed by atoms with Crippen molar-refractivity contribution >= 4 is 29.1 Å². The van der Waals surface area contributed by atoms with Crippen molar-refractivity contribution in [2.45, 2.75) is 18.7 Å². The number of benzene rings is 2. The molecule has 1 amide bonds. The Morgan fingerprint density at radius 3 is 2.55 bits per heavy atom. The molecule has 22 heavy (non-hydrogen) atoms.